The quantitative estimate of drug-likeness (QED) is 0.882. The molecule has 15 heavy (non-hydrogen) atoms. The molecule has 0 saturated carbocycles. The molecule has 0 radical (unpaired) electrons. The Balaban J connectivity index is 3.05. The summed E-state index contributed by atoms with van der Waals surface area (Å²) in [6.45, 7) is 6.88. The molecule has 2 heteroatoms. The third-order valence-corrected chi connectivity index (χ3v) is 3.47. The molecule has 0 aliphatic rings. The Labute approximate surface area is 101 Å². The van der Waals surface area contributed by atoms with Crippen LogP contribution in [0.3, 0.4) is 0 Å². The van der Waals surface area contributed by atoms with Crippen LogP contribution in [0.4, 0.5) is 0 Å². The molecule has 1 nitrogen and oxygen atoms in total. The van der Waals surface area contributed by atoms with Crippen molar-refractivity contribution >= 4 is 15.9 Å². The molecule has 84 valence electrons. The largest absolute Gasteiger partial charge is 0.396 e. The lowest BCUT2D eigenvalue weighted by Crippen LogP contribution is -2.20. The van der Waals surface area contributed by atoms with Gasteiger partial charge in [0.2, 0.25) is 0 Å². The van der Waals surface area contributed by atoms with Crippen LogP contribution in [0.5, 0.6) is 0 Å². The van der Waals surface area contributed by atoms with Gasteiger partial charge >= 0.3 is 0 Å². The highest BCUT2D eigenvalue weighted by atomic mass is 79.9. The second-order valence-corrected chi connectivity index (χ2v) is 5.81. The molecule has 0 aliphatic heterocycles. The van der Waals surface area contributed by atoms with Crippen molar-refractivity contribution in [3.63, 3.8) is 0 Å². The van der Waals surface area contributed by atoms with E-state index < -0.39 is 0 Å². The van der Waals surface area contributed by atoms with E-state index in [1.54, 1.807) is 0 Å². The highest BCUT2D eigenvalue weighted by Gasteiger charge is 2.26. The van der Waals surface area contributed by atoms with Crippen molar-refractivity contribution in [2.24, 2.45) is 5.41 Å². The first-order chi connectivity index (χ1) is 6.96. The van der Waals surface area contributed by atoms with E-state index in [1.165, 1.54) is 5.56 Å². The lowest BCUT2D eigenvalue weighted by molar-refractivity contribution is 0.223. The van der Waals surface area contributed by atoms with E-state index in [9.17, 15) is 0 Å². The maximum atomic E-state index is 9.14. The Morgan fingerprint density at radius 1 is 1.27 bits per heavy atom. The summed E-state index contributed by atoms with van der Waals surface area (Å²) in [6, 6.07) is 8.27. The minimum Gasteiger partial charge on any atom is -0.396 e. The van der Waals surface area contributed by atoms with Gasteiger partial charge in [0.15, 0.2) is 0 Å². The molecule has 1 unspecified atom stereocenters. The van der Waals surface area contributed by atoms with Gasteiger partial charge in [0.25, 0.3) is 0 Å². The fourth-order valence-corrected chi connectivity index (χ4v) is 2.50. The van der Waals surface area contributed by atoms with Gasteiger partial charge < -0.3 is 5.11 Å². The third-order valence-electron chi connectivity index (χ3n) is 2.74. The number of halogens is 1. The van der Waals surface area contributed by atoms with E-state index in [1.807, 2.05) is 6.07 Å². The van der Waals surface area contributed by atoms with Crippen LogP contribution in [0.15, 0.2) is 28.7 Å². The minimum atomic E-state index is 0.173. The monoisotopic (exact) mass is 270 g/mol. The Hall–Kier alpha value is -0.340. The third kappa shape index (κ3) is 3.32. The van der Waals surface area contributed by atoms with Gasteiger partial charge in [0.1, 0.15) is 0 Å². The van der Waals surface area contributed by atoms with Crippen LogP contribution < -0.4 is 0 Å². The van der Waals surface area contributed by atoms with Gasteiger partial charge in [-0.25, -0.2) is 0 Å². The summed E-state index contributed by atoms with van der Waals surface area (Å²) in [5.41, 5.74) is 1.46. The summed E-state index contributed by atoms with van der Waals surface area (Å²) in [4.78, 5) is 0. The van der Waals surface area contributed by atoms with Gasteiger partial charge in [-0.05, 0) is 29.4 Å². The molecule has 0 heterocycles. The van der Waals surface area contributed by atoms with Crippen molar-refractivity contribution in [3.05, 3.63) is 34.3 Å². The van der Waals surface area contributed by atoms with Gasteiger partial charge in [-0.3, -0.25) is 0 Å². The van der Waals surface area contributed by atoms with E-state index >= 15 is 0 Å². The summed E-state index contributed by atoms with van der Waals surface area (Å²) in [7, 11) is 0. The fraction of sp³-hybridized carbons (Fsp3) is 0.538. The van der Waals surface area contributed by atoms with Crippen LogP contribution in [0, 0.1) is 5.41 Å². The van der Waals surface area contributed by atoms with Crippen LogP contribution in [0.2, 0.25) is 0 Å². The molecule has 1 atom stereocenters. The summed E-state index contributed by atoms with van der Waals surface area (Å²) in [5.74, 6) is 0.387. The first-order valence-corrected chi connectivity index (χ1v) is 6.11. The molecule has 1 rings (SSSR count). The smallest absolute Gasteiger partial charge is 0.0437 e. The summed E-state index contributed by atoms with van der Waals surface area (Å²) >= 11 is 3.58. The van der Waals surface area contributed by atoms with Crippen molar-refractivity contribution < 1.29 is 5.11 Å². The zero-order chi connectivity index (χ0) is 11.5. The van der Waals surface area contributed by atoms with Gasteiger partial charge in [-0.1, -0.05) is 54.9 Å². The molecular weight excluding hydrogens is 252 g/mol. The predicted molar refractivity (Wildman–Crippen MR) is 68.0 cm³/mol. The van der Waals surface area contributed by atoms with Crippen molar-refractivity contribution in [2.75, 3.05) is 6.61 Å². The molecule has 0 amide bonds. The molecule has 0 fully saturated rings. The molecule has 1 aromatic rings. The standard InChI is InChI=1S/C13H19BrO/c1-13(2,3)11(8-9-15)10-6-4-5-7-12(10)14/h4-7,11,15H,8-9H2,1-3H3. The molecule has 0 aromatic heterocycles. The zero-order valence-corrected chi connectivity index (χ0v) is 11.2. The van der Waals surface area contributed by atoms with Gasteiger partial charge in [-0.2, -0.15) is 0 Å². The molecule has 0 bridgehead atoms. The van der Waals surface area contributed by atoms with Crippen LogP contribution in [-0.2, 0) is 0 Å². The topological polar surface area (TPSA) is 20.2 Å². The lowest BCUT2D eigenvalue weighted by atomic mass is 9.75. The van der Waals surface area contributed by atoms with E-state index in [0.29, 0.717) is 5.92 Å². The SMILES string of the molecule is CC(C)(C)C(CCO)c1ccccc1Br. The number of rotatable bonds is 3. The van der Waals surface area contributed by atoms with Crippen molar-refractivity contribution in [3.8, 4) is 0 Å². The normalized spacial score (nSPS) is 13.9. The Morgan fingerprint density at radius 2 is 1.87 bits per heavy atom. The maximum Gasteiger partial charge on any atom is 0.0437 e. The number of aliphatic hydroxyl groups is 1. The molecular formula is C13H19BrO. The highest BCUT2D eigenvalue weighted by molar-refractivity contribution is 9.10. The lowest BCUT2D eigenvalue weighted by Gasteiger charge is -2.31. The Bertz CT molecular complexity index is 315. The van der Waals surface area contributed by atoms with Crippen molar-refractivity contribution in [2.45, 2.75) is 33.1 Å². The summed E-state index contributed by atoms with van der Waals surface area (Å²) in [6.07, 6.45) is 0.812. The molecule has 1 aromatic carbocycles. The van der Waals surface area contributed by atoms with Gasteiger partial charge in [0.05, 0.1) is 0 Å². The average molecular weight is 271 g/mol. The van der Waals surface area contributed by atoms with Crippen LogP contribution in [-0.4, -0.2) is 11.7 Å². The van der Waals surface area contributed by atoms with E-state index in [-0.39, 0.29) is 12.0 Å². The first kappa shape index (κ1) is 12.7. The number of hydrogen-bond donors (Lipinski definition) is 1. The molecule has 0 spiro atoms. The average Bonchev–Trinajstić information content (AvgIpc) is 2.14. The maximum absolute atomic E-state index is 9.14. The Morgan fingerprint density at radius 3 is 2.33 bits per heavy atom. The van der Waals surface area contributed by atoms with Crippen LogP contribution in [0.1, 0.15) is 38.7 Å². The zero-order valence-electron chi connectivity index (χ0n) is 9.63. The minimum absolute atomic E-state index is 0.173. The summed E-state index contributed by atoms with van der Waals surface area (Å²) < 4.78 is 1.14. The van der Waals surface area contributed by atoms with Gasteiger partial charge in [-0.15, -0.1) is 0 Å². The van der Waals surface area contributed by atoms with E-state index in [4.69, 9.17) is 5.11 Å². The summed E-state index contributed by atoms with van der Waals surface area (Å²) in [5, 5.41) is 9.14. The van der Waals surface area contributed by atoms with Crippen LogP contribution in [0.25, 0.3) is 0 Å². The number of aliphatic hydroxyl groups excluding tert-OH is 1. The first-order valence-electron chi connectivity index (χ1n) is 5.32. The molecule has 0 aliphatic carbocycles. The Kier molecular flexibility index (Phi) is 4.35. The molecule has 1 N–H and O–H groups in total. The highest BCUT2D eigenvalue weighted by Crippen LogP contribution is 2.40. The molecule has 0 saturated heterocycles. The van der Waals surface area contributed by atoms with E-state index in [2.05, 4.69) is 54.9 Å². The second-order valence-electron chi connectivity index (χ2n) is 4.95. The van der Waals surface area contributed by atoms with Crippen LogP contribution >= 0.6 is 15.9 Å². The number of benzene rings is 1. The van der Waals surface area contributed by atoms with Crippen molar-refractivity contribution in [1.82, 2.24) is 0 Å². The predicted octanol–water partition coefficient (Wildman–Crippen LogP) is 3.96. The van der Waals surface area contributed by atoms with Crippen molar-refractivity contribution in [1.29, 1.82) is 0 Å². The number of hydrogen-bond acceptors (Lipinski definition) is 1. The van der Waals surface area contributed by atoms with E-state index in [0.717, 1.165) is 10.9 Å². The van der Waals surface area contributed by atoms with Gasteiger partial charge in [0, 0.05) is 11.1 Å². The fourth-order valence-electron chi connectivity index (χ4n) is 1.94. The second kappa shape index (κ2) is 5.13.